The molecule has 23 heavy (non-hydrogen) atoms. The second-order valence-electron chi connectivity index (χ2n) is 5.00. The molecule has 0 bridgehead atoms. The smallest absolute Gasteiger partial charge is 0.286 e. The van der Waals surface area contributed by atoms with Crippen LogP contribution in [0.1, 0.15) is 28.9 Å². The van der Waals surface area contributed by atoms with E-state index in [1.54, 1.807) is 12.3 Å². The highest BCUT2D eigenvalue weighted by Crippen LogP contribution is 2.12. The molecule has 122 valence electrons. The van der Waals surface area contributed by atoms with Crippen molar-refractivity contribution < 1.29 is 14.3 Å². The summed E-state index contributed by atoms with van der Waals surface area (Å²) in [5.74, 6) is 0.109. The van der Waals surface area contributed by atoms with Gasteiger partial charge in [0, 0.05) is 17.1 Å². The molecular formula is C16H18BrN3O3. The van der Waals surface area contributed by atoms with E-state index in [2.05, 4.69) is 31.8 Å². The molecule has 0 aliphatic rings. The van der Waals surface area contributed by atoms with Gasteiger partial charge in [0.05, 0.1) is 6.61 Å². The Bertz CT molecular complexity index is 667. The standard InChI is InChI=1S/C16H18BrN3O3/c1-11-4-6-13(7-5-11)23-8-2-3-15(21)19-20-16(22)14-9-12(17)10-18-14/h4-7,9-10,18H,2-3,8H2,1H3,(H,19,21)(H,20,22). The van der Waals surface area contributed by atoms with Gasteiger partial charge in [0.2, 0.25) is 5.91 Å². The molecule has 3 N–H and O–H groups in total. The number of ether oxygens (including phenoxy) is 1. The first-order chi connectivity index (χ1) is 11.0. The fourth-order valence-electron chi connectivity index (χ4n) is 1.81. The molecule has 0 atom stereocenters. The van der Waals surface area contributed by atoms with E-state index in [4.69, 9.17) is 4.74 Å². The Morgan fingerprint density at radius 2 is 1.96 bits per heavy atom. The summed E-state index contributed by atoms with van der Waals surface area (Å²) in [4.78, 5) is 26.1. The number of halogens is 1. The summed E-state index contributed by atoms with van der Waals surface area (Å²) in [5.41, 5.74) is 6.24. The zero-order valence-electron chi connectivity index (χ0n) is 12.7. The first kappa shape index (κ1) is 17.1. The molecule has 6 nitrogen and oxygen atoms in total. The van der Waals surface area contributed by atoms with Crippen LogP contribution in [0, 0.1) is 6.92 Å². The molecule has 0 saturated heterocycles. The average molecular weight is 380 g/mol. The van der Waals surface area contributed by atoms with Crippen molar-refractivity contribution in [2.45, 2.75) is 19.8 Å². The minimum atomic E-state index is -0.403. The van der Waals surface area contributed by atoms with Crippen molar-refractivity contribution in [1.29, 1.82) is 0 Å². The summed E-state index contributed by atoms with van der Waals surface area (Å²) in [6, 6.07) is 9.35. The zero-order chi connectivity index (χ0) is 16.7. The molecule has 1 aromatic carbocycles. The number of aromatic nitrogens is 1. The van der Waals surface area contributed by atoms with Gasteiger partial charge < -0.3 is 9.72 Å². The van der Waals surface area contributed by atoms with E-state index >= 15 is 0 Å². The summed E-state index contributed by atoms with van der Waals surface area (Å²) < 4.78 is 6.30. The Morgan fingerprint density at radius 3 is 2.61 bits per heavy atom. The Hall–Kier alpha value is -2.28. The van der Waals surface area contributed by atoms with Crippen molar-refractivity contribution in [3.8, 4) is 5.75 Å². The van der Waals surface area contributed by atoms with Gasteiger partial charge in [-0.3, -0.25) is 20.4 Å². The van der Waals surface area contributed by atoms with Gasteiger partial charge in [-0.05, 0) is 47.5 Å². The van der Waals surface area contributed by atoms with E-state index in [0.29, 0.717) is 18.7 Å². The van der Waals surface area contributed by atoms with E-state index in [0.717, 1.165) is 10.2 Å². The van der Waals surface area contributed by atoms with Crippen molar-refractivity contribution in [1.82, 2.24) is 15.8 Å². The summed E-state index contributed by atoms with van der Waals surface area (Å²) >= 11 is 3.23. The summed E-state index contributed by atoms with van der Waals surface area (Å²) in [6.07, 6.45) is 2.46. The number of H-pyrrole nitrogens is 1. The average Bonchev–Trinajstić information content (AvgIpc) is 2.97. The monoisotopic (exact) mass is 379 g/mol. The number of hydrogen-bond donors (Lipinski definition) is 3. The van der Waals surface area contributed by atoms with Gasteiger partial charge in [-0.25, -0.2) is 0 Å². The number of aryl methyl sites for hydroxylation is 1. The van der Waals surface area contributed by atoms with E-state index in [-0.39, 0.29) is 12.3 Å². The number of carbonyl (C=O) groups is 2. The summed E-state index contributed by atoms with van der Waals surface area (Å²) in [5, 5.41) is 0. The van der Waals surface area contributed by atoms with Gasteiger partial charge in [-0.2, -0.15) is 0 Å². The third-order valence-corrected chi connectivity index (χ3v) is 3.50. The van der Waals surface area contributed by atoms with Crippen LogP contribution in [0.4, 0.5) is 0 Å². The number of rotatable bonds is 6. The van der Waals surface area contributed by atoms with Crippen molar-refractivity contribution in [3.63, 3.8) is 0 Å². The molecule has 2 rings (SSSR count). The highest BCUT2D eigenvalue weighted by molar-refractivity contribution is 9.10. The summed E-state index contributed by atoms with van der Waals surface area (Å²) in [7, 11) is 0. The number of amides is 2. The van der Waals surface area contributed by atoms with E-state index < -0.39 is 5.91 Å². The molecule has 2 aromatic rings. The SMILES string of the molecule is Cc1ccc(OCCCC(=O)NNC(=O)c2cc(Br)c[nH]2)cc1. The van der Waals surface area contributed by atoms with Crippen molar-refractivity contribution in [2.75, 3.05) is 6.61 Å². The number of benzene rings is 1. The Balaban J connectivity index is 1.61. The van der Waals surface area contributed by atoms with Gasteiger partial charge in [-0.1, -0.05) is 17.7 Å². The molecule has 1 aromatic heterocycles. The highest BCUT2D eigenvalue weighted by atomic mass is 79.9. The van der Waals surface area contributed by atoms with Crippen LogP contribution in [-0.4, -0.2) is 23.4 Å². The first-order valence-electron chi connectivity index (χ1n) is 7.17. The molecule has 0 saturated carbocycles. The van der Waals surface area contributed by atoms with Crippen LogP contribution < -0.4 is 15.6 Å². The van der Waals surface area contributed by atoms with Crippen LogP contribution in [0.15, 0.2) is 41.0 Å². The predicted molar refractivity (Wildman–Crippen MR) is 90.0 cm³/mol. The molecule has 0 aliphatic carbocycles. The first-order valence-corrected chi connectivity index (χ1v) is 7.96. The number of aromatic amines is 1. The summed E-state index contributed by atoms with van der Waals surface area (Å²) in [6.45, 7) is 2.45. The van der Waals surface area contributed by atoms with E-state index in [9.17, 15) is 9.59 Å². The predicted octanol–water partition coefficient (Wildman–Crippen LogP) is 2.71. The number of hydrazine groups is 1. The normalized spacial score (nSPS) is 10.2. The lowest BCUT2D eigenvalue weighted by Gasteiger charge is -2.08. The molecule has 0 aliphatic heterocycles. The maximum atomic E-state index is 11.7. The number of carbonyl (C=O) groups excluding carboxylic acids is 2. The van der Waals surface area contributed by atoms with Gasteiger partial charge in [-0.15, -0.1) is 0 Å². The molecule has 2 amide bonds. The second-order valence-corrected chi connectivity index (χ2v) is 5.91. The molecule has 1 heterocycles. The Morgan fingerprint density at radius 1 is 1.22 bits per heavy atom. The van der Waals surface area contributed by atoms with Gasteiger partial charge in [0.15, 0.2) is 0 Å². The van der Waals surface area contributed by atoms with Crippen LogP contribution in [-0.2, 0) is 4.79 Å². The van der Waals surface area contributed by atoms with Crippen LogP contribution in [0.2, 0.25) is 0 Å². The Labute approximate surface area is 142 Å². The molecule has 0 unspecified atom stereocenters. The largest absolute Gasteiger partial charge is 0.494 e. The number of hydrogen-bond acceptors (Lipinski definition) is 3. The second kappa shape index (κ2) is 8.38. The molecular weight excluding hydrogens is 362 g/mol. The van der Waals surface area contributed by atoms with E-state index in [1.807, 2.05) is 31.2 Å². The third-order valence-electron chi connectivity index (χ3n) is 3.05. The lowest BCUT2D eigenvalue weighted by molar-refractivity contribution is -0.122. The third kappa shape index (κ3) is 5.78. The highest BCUT2D eigenvalue weighted by Gasteiger charge is 2.09. The fourth-order valence-corrected chi connectivity index (χ4v) is 2.16. The van der Waals surface area contributed by atoms with Gasteiger partial charge >= 0.3 is 0 Å². The van der Waals surface area contributed by atoms with Crippen LogP contribution >= 0.6 is 15.9 Å². The van der Waals surface area contributed by atoms with Crippen LogP contribution in [0.5, 0.6) is 5.75 Å². The lowest BCUT2D eigenvalue weighted by atomic mass is 10.2. The minimum Gasteiger partial charge on any atom is -0.494 e. The minimum absolute atomic E-state index is 0.264. The topological polar surface area (TPSA) is 83.2 Å². The Kier molecular flexibility index (Phi) is 6.22. The molecule has 0 fully saturated rings. The van der Waals surface area contributed by atoms with Crippen LogP contribution in [0.25, 0.3) is 0 Å². The molecule has 7 heteroatoms. The van der Waals surface area contributed by atoms with Crippen molar-refractivity contribution in [2.24, 2.45) is 0 Å². The van der Waals surface area contributed by atoms with E-state index in [1.165, 1.54) is 5.56 Å². The number of nitrogens with one attached hydrogen (secondary N) is 3. The van der Waals surface area contributed by atoms with Crippen molar-refractivity contribution in [3.05, 3.63) is 52.3 Å². The maximum Gasteiger partial charge on any atom is 0.286 e. The zero-order valence-corrected chi connectivity index (χ0v) is 14.3. The molecule has 0 radical (unpaired) electrons. The molecule has 0 spiro atoms. The lowest BCUT2D eigenvalue weighted by Crippen LogP contribution is -2.41. The van der Waals surface area contributed by atoms with Gasteiger partial charge in [0.1, 0.15) is 11.4 Å². The van der Waals surface area contributed by atoms with Gasteiger partial charge in [0.25, 0.3) is 5.91 Å². The van der Waals surface area contributed by atoms with Crippen molar-refractivity contribution >= 4 is 27.7 Å². The fraction of sp³-hybridized carbons (Fsp3) is 0.250. The van der Waals surface area contributed by atoms with Crippen LogP contribution in [0.3, 0.4) is 0 Å². The quantitative estimate of drug-likeness (QED) is 0.532. The maximum absolute atomic E-state index is 11.7.